The minimum Gasteiger partial charge on any atom is -0.350 e. The van der Waals surface area contributed by atoms with Crippen LogP contribution in [0.1, 0.15) is 17.5 Å². The van der Waals surface area contributed by atoms with Crippen LogP contribution in [0.4, 0.5) is 4.39 Å². The SMILES string of the molecule is CCN1CCN(C(=O)c2cc(-c3ccc(F)cc3)no2)CC1. The number of likely N-dealkylation sites (N-methyl/N-ethyl adjacent to an activating group) is 1. The van der Waals surface area contributed by atoms with Crippen molar-refractivity contribution in [2.24, 2.45) is 0 Å². The van der Waals surface area contributed by atoms with Crippen LogP contribution in [0.3, 0.4) is 0 Å². The zero-order chi connectivity index (χ0) is 15.5. The molecule has 6 heteroatoms. The van der Waals surface area contributed by atoms with Crippen LogP contribution < -0.4 is 0 Å². The zero-order valence-electron chi connectivity index (χ0n) is 12.5. The van der Waals surface area contributed by atoms with Crippen LogP contribution in [0.5, 0.6) is 0 Å². The molecule has 0 spiro atoms. The fourth-order valence-electron chi connectivity index (χ4n) is 2.56. The lowest BCUT2D eigenvalue weighted by Gasteiger charge is -2.33. The Bertz CT molecular complexity index is 646. The van der Waals surface area contributed by atoms with Crippen molar-refractivity contribution in [3.63, 3.8) is 0 Å². The molecule has 0 atom stereocenters. The molecule has 0 aliphatic carbocycles. The molecule has 1 amide bonds. The molecule has 2 aromatic rings. The third-order valence-electron chi connectivity index (χ3n) is 3.97. The van der Waals surface area contributed by atoms with E-state index in [0.29, 0.717) is 18.8 Å². The predicted molar refractivity (Wildman–Crippen MR) is 79.9 cm³/mol. The molecule has 116 valence electrons. The van der Waals surface area contributed by atoms with Gasteiger partial charge in [-0.3, -0.25) is 4.79 Å². The molecule has 0 unspecified atom stereocenters. The average Bonchev–Trinajstić information content (AvgIpc) is 3.05. The number of hydrogen-bond donors (Lipinski definition) is 0. The van der Waals surface area contributed by atoms with Crippen molar-refractivity contribution in [2.45, 2.75) is 6.92 Å². The summed E-state index contributed by atoms with van der Waals surface area (Å²) in [7, 11) is 0. The predicted octanol–water partition coefficient (Wildman–Crippen LogP) is 2.26. The van der Waals surface area contributed by atoms with Crippen molar-refractivity contribution in [1.82, 2.24) is 15.0 Å². The van der Waals surface area contributed by atoms with Gasteiger partial charge in [-0.05, 0) is 30.8 Å². The number of carbonyl (C=O) groups is 1. The molecule has 2 heterocycles. The molecule has 1 aliphatic heterocycles. The fraction of sp³-hybridized carbons (Fsp3) is 0.375. The Morgan fingerprint density at radius 2 is 1.91 bits per heavy atom. The van der Waals surface area contributed by atoms with E-state index in [2.05, 4.69) is 17.0 Å². The second-order valence-corrected chi connectivity index (χ2v) is 5.31. The standard InChI is InChI=1S/C16H18FN3O2/c1-2-19-7-9-20(10-8-19)16(21)15-11-14(18-22-15)12-3-5-13(17)6-4-12/h3-6,11H,2,7-10H2,1H3. The number of nitrogens with zero attached hydrogens (tertiary/aromatic N) is 3. The van der Waals surface area contributed by atoms with Gasteiger partial charge in [0, 0.05) is 37.8 Å². The van der Waals surface area contributed by atoms with Crippen molar-refractivity contribution in [1.29, 1.82) is 0 Å². The number of benzene rings is 1. The maximum atomic E-state index is 12.9. The molecule has 3 rings (SSSR count). The molecule has 1 fully saturated rings. The lowest BCUT2D eigenvalue weighted by atomic mass is 10.1. The van der Waals surface area contributed by atoms with Gasteiger partial charge in [0.25, 0.3) is 5.91 Å². The van der Waals surface area contributed by atoms with Crippen LogP contribution in [0, 0.1) is 5.82 Å². The Morgan fingerprint density at radius 3 is 2.55 bits per heavy atom. The summed E-state index contributed by atoms with van der Waals surface area (Å²) in [5.74, 6) is -0.224. The summed E-state index contributed by atoms with van der Waals surface area (Å²) in [4.78, 5) is 16.5. The van der Waals surface area contributed by atoms with Gasteiger partial charge < -0.3 is 14.3 Å². The van der Waals surface area contributed by atoms with E-state index >= 15 is 0 Å². The number of rotatable bonds is 3. The lowest BCUT2D eigenvalue weighted by Crippen LogP contribution is -2.48. The van der Waals surface area contributed by atoms with Gasteiger partial charge in [-0.2, -0.15) is 0 Å². The Labute approximate surface area is 128 Å². The number of amides is 1. The molecule has 0 saturated carbocycles. The molecule has 0 radical (unpaired) electrons. The van der Waals surface area contributed by atoms with Crippen LogP contribution in [0.15, 0.2) is 34.9 Å². The van der Waals surface area contributed by atoms with Gasteiger partial charge >= 0.3 is 0 Å². The summed E-state index contributed by atoms with van der Waals surface area (Å²) in [5, 5.41) is 3.91. The largest absolute Gasteiger partial charge is 0.350 e. The van der Waals surface area contributed by atoms with Gasteiger partial charge in [0.05, 0.1) is 0 Å². The first-order valence-electron chi connectivity index (χ1n) is 7.41. The van der Waals surface area contributed by atoms with Gasteiger partial charge in [0.2, 0.25) is 5.76 Å². The van der Waals surface area contributed by atoms with Gasteiger partial charge in [-0.15, -0.1) is 0 Å². The number of hydrogen-bond acceptors (Lipinski definition) is 4. The molecule has 1 aliphatic rings. The van der Waals surface area contributed by atoms with E-state index in [9.17, 15) is 9.18 Å². The number of aromatic nitrogens is 1. The molecule has 22 heavy (non-hydrogen) atoms. The van der Waals surface area contributed by atoms with Crippen LogP contribution in [0.2, 0.25) is 0 Å². The first-order valence-corrected chi connectivity index (χ1v) is 7.41. The minimum atomic E-state index is -0.308. The molecule has 1 aromatic carbocycles. The quantitative estimate of drug-likeness (QED) is 0.872. The smallest absolute Gasteiger partial charge is 0.292 e. The number of piperazine rings is 1. The summed E-state index contributed by atoms with van der Waals surface area (Å²) < 4.78 is 18.1. The first kappa shape index (κ1) is 14.7. The lowest BCUT2D eigenvalue weighted by molar-refractivity contribution is 0.0603. The van der Waals surface area contributed by atoms with Crippen LogP contribution in [-0.2, 0) is 0 Å². The second kappa shape index (κ2) is 6.27. The normalized spacial score (nSPS) is 16.0. The maximum absolute atomic E-state index is 12.9. The highest BCUT2D eigenvalue weighted by molar-refractivity contribution is 5.92. The highest BCUT2D eigenvalue weighted by Gasteiger charge is 2.24. The molecule has 0 bridgehead atoms. The van der Waals surface area contributed by atoms with Crippen molar-refractivity contribution in [2.75, 3.05) is 32.7 Å². The topological polar surface area (TPSA) is 49.6 Å². The van der Waals surface area contributed by atoms with Gasteiger partial charge in [-0.1, -0.05) is 12.1 Å². The monoisotopic (exact) mass is 303 g/mol. The highest BCUT2D eigenvalue weighted by atomic mass is 19.1. The Morgan fingerprint density at radius 1 is 1.23 bits per heavy atom. The van der Waals surface area contributed by atoms with Gasteiger partial charge in [0.15, 0.2) is 0 Å². The van der Waals surface area contributed by atoms with Crippen LogP contribution in [0.25, 0.3) is 11.3 Å². The molecule has 1 aromatic heterocycles. The Hall–Kier alpha value is -2.21. The summed E-state index contributed by atoms with van der Waals surface area (Å²) >= 11 is 0. The van der Waals surface area contributed by atoms with E-state index in [0.717, 1.165) is 25.2 Å². The number of halogens is 1. The van der Waals surface area contributed by atoms with Crippen molar-refractivity contribution >= 4 is 5.91 Å². The fourth-order valence-corrected chi connectivity index (χ4v) is 2.56. The van der Waals surface area contributed by atoms with E-state index in [1.54, 1.807) is 23.1 Å². The summed E-state index contributed by atoms with van der Waals surface area (Å²) in [6.07, 6.45) is 0. The van der Waals surface area contributed by atoms with E-state index in [-0.39, 0.29) is 17.5 Å². The van der Waals surface area contributed by atoms with E-state index in [4.69, 9.17) is 4.52 Å². The van der Waals surface area contributed by atoms with Crippen LogP contribution in [-0.4, -0.2) is 53.6 Å². The van der Waals surface area contributed by atoms with E-state index in [1.807, 2.05) is 0 Å². The number of carbonyl (C=O) groups excluding carboxylic acids is 1. The maximum Gasteiger partial charge on any atom is 0.292 e. The van der Waals surface area contributed by atoms with E-state index < -0.39 is 0 Å². The van der Waals surface area contributed by atoms with Crippen LogP contribution >= 0.6 is 0 Å². The summed E-state index contributed by atoms with van der Waals surface area (Å²) in [5.41, 5.74) is 1.26. The summed E-state index contributed by atoms with van der Waals surface area (Å²) in [6, 6.07) is 7.55. The Kier molecular flexibility index (Phi) is 4.20. The highest BCUT2D eigenvalue weighted by Crippen LogP contribution is 2.20. The third kappa shape index (κ3) is 3.01. The van der Waals surface area contributed by atoms with E-state index in [1.165, 1.54) is 12.1 Å². The minimum absolute atomic E-state index is 0.142. The zero-order valence-corrected chi connectivity index (χ0v) is 12.5. The van der Waals surface area contributed by atoms with Crippen molar-refractivity contribution in [3.8, 4) is 11.3 Å². The van der Waals surface area contributed by atoms with Gasteiger partial charge in [-0.25, -0.2) is 4.39 Å². The Balaban J connectivity index is 1.71. The summed E-state index contributed by atoms with van der Waals surface area (Å²) in [6.45, 7) is 6.25. The molecular weight excluding hydrogens is 285 g/mol. The van der Waals surface area contributed by atoms with Crippen molar-refractivity contribution < 1.29 is 13.7 Å². The average molecular weight is 303 g/mol. The molecule has 5 nitrogen and oxygen atoms in total. The molecular formula is C16H18FN3O2. The van der Waals surface area contributed by atoms with Crippen molar-refractivity contribution in [3.05, 3.63) is 41.9 Å². The molecule has 0 N–H and O–H groups in total. The third-order valence-corrected chi connectivity index (χ3v) is 3.97. The first-order chi connectivity index (χ1) is 10.7. The van der Waals surface area contributed by atoms with Gasteiger partial charge in [0.1, 0.15) is 11.5 Å². The second-order valence-electron chi connectivity index (χ2n) is 5.31. The molecule has 1 saturated heterocycles.